The van der Waals surface area contributed by atoms with E-state index >= 15 is 0 Å². The number of rotatable bonds is 3. The third-order valence-corrected chi connectivity index (χ3v) is 3.37. The largest absolute Gasteiger partial charge is 0.373 e. The molecule has 2 rings (SSSR count). The van der Waals surface area contributed by atoms with Crippen molar-refractivity contribution in [1.29, 1.82) is 0 Å². The van der Waals surface area contributed by atoms with Crippen LogP contribution in [0.5, 0.6) is 0 Å². The van der Waals surface area contributed by atoms with Crippen LogP contribution in [0.2, 0.25) is 0 Å². The molecule has 0 N–H and O–H groups in total. The summed E-state index contributed by atoms with van der Waals surface area (Å²) in [5.74, 6) is 0.0842. The Labute approximate surface area is 113 Å². The molecule has 106 valence electrons. The summed E-state index contributed by atoms with van der Waals surface area (Å²) in [6, 6.07) is -0.0534. The van der Waals surface area contributed by atoms with E-state index in [0.717, 1.165) is 12.1 Å². The fourth-order valence-corrected chi connectivity index (χ4v) is 2.59. The van der Waals surface area contributed by atoms with Crippen LogP contribution < -0.4 is 0 Å². The molecule has 6 heteroatoms. The lowest BCUT2D eigenvalue weighted by Gasteiger charge is -2.41. The van der Waals surface area contributed by atoms with E-state index < -0.39 is 0 Å². The number of hydrogen-bond donors (Lipinski definition) is 0. The molecule has 0 radical (unpaired) electrons. The molecule has 0 spiro atoms. The van der Waals surface area contributed by atoms with Crippen molar-refractivity contribution in [3.05, 3.63) is 18.0 Å². The lowest BCUT2D eigenvalue weighted by atomic mass is 10.0. The van der Waals surface area contributed by atoms with Gasteiger partial charge in [0.15, 0.2) is 0 Å². The lowest BCUT2D eigenvalue weighted by Crippen LogP contribution is -2.50. The standard InChI is InChI=1S/C13H22N4O2/c1-10(18)17-5-6-19-12(9-15(2)3)13(17)11-7-14-16(4)8-11/h7-8,12-13H,5-6,9H2,1-4H3/t12-,13-/m0/s1. The van der Waals surface area contributed by atoms with E-state index in [2.05, 4.69) is 10.00 Å². The molecule has 0 unspecified atom stereocenters. The van der Waals surface area contributed by atoms with Crippen LogP contribution in [0.1, 0.15) is 18.5 Å². The third kappa shape index (κ3) is 3.13. The molecular weight excluding hydrogens is 244 g/mol. The summed E-state index contributed by atoms with van der Waals surface area (Å²) in [6.45, 7) is 3.62. The van der Waals surface area contributed by atoms with E-state index in [1.807, 2.05) is 38.4 Å². The highest BCUT2D eigenvalue weighted by molar-refractivity contribution is 5.74. The number of carbonyl (C=O) groups is 1. The first-order valence-electron chi connectivity index (χ1n) is 6.51. The summed E-state index contributed by atoms with van der Waals surface area (Å²) in [7, 11) is 5.90. The Bertz CT molecular complexity index is 444. The average Bonchev–Trinajstić information content (AvgIpc) is 2.74. The van der Waals surface area contributed by atoms with Crippen molar-refractivity contribution in [3.8, 4) is 0 Å². The van der Waals surface area contributed by atoms with Crippen LogP contribution in [-0.4, -0.2) is 65.4 Å². The van der Waals surface area contributed by atoms with Crippen molar-refractivity contribution < 1.29 is 9.53 Å². The van der Waals surface area contributed by atoms with Gasteiger partial charge in [-0.05, 0) is 14.1 Å². The second-order valence-electron chi connectivity index (χ2n) is 5.28. The Morgan fingerprint density at radius 2 is 2.32 bits per heavy atom. The molecule has 1 aromatic heterocycles. The molecular formula is C13H22N4O2. The summed E-state index contributed by atoms with van der Waals surface area (Å²) >= 11 is 0. The fraction of sp³-hybridized carbons (Fsp3) is 0.692. The van der Waals surface area contributed by atoms with Gasteiger partial charge in [0.2, 0.25) is 5.91 Å². The smallest absolute Gasteiger partial charge is 0.220 e. The number of hydrogen-bond acceptors (Lipinski definition) is 4. The van der Waals surface area contributed by atoms with Crippen molar-refractivity contribution in [2.24, 2.45) is 7.05 Å². The Morgan fingerprint density at radius 3 is 2.84 bits per heavy atom. The minimum atomic E-state index is -0.0534. The number of aryl methyl sites for hydroxylation is 1. The molecule has 6 nitrogen and oxygen atoms in total. The molecule has 2 atom stereocenters. The molecule has 0 aliphatic carbocycles. The normalized spacial score (nSPS) is 23.9. The molecule has 0 bridgehead atoms. The maximum atomic E-state index is 11.9. The number of ether oxygens (including phenoxy) is 1. The zero-order chi connectivity index (χ0) is 14.0. The van der Waals surface area contributed by atoms with Gasteiger partial charge in [-0.2, -0.15) is 5.10 Å². The average molecular weight is 266 g/mol. The lowest BCUT2D eigenvalue weighted by molar-refractivity contribution is -0.145. The monoisotopic (exact) mass is 266 g/mol. The Kier molecular flexibility index (Phi) is 4.21. The van der Waals surface area contributed by atoms with Crippen molar-refractivity contribution >= 4 is 5.91 Å². The van der Waals surface area contributed by atoms with E-state index in [4.69, 9.17) is 4.74 Å². The van der Waals surface area contributed by atoms with Gasteiger partial charge in [-0.25, -0.2) is 0 Å². The molecule has 2 heterocycles. The number of morpholine rings is 1. The predicted molar refractivity (Wildman–Crippen MR) is 71.6 cm³/mol. The molecule has 1 aliphatic rings. The number of likely N-dealkylation sites (N-methyl/N-ethyl adjacent to an activating group) is 1. The molecule has 0 aromatic carbocycles. The van der Waals surface area contributed by atoms with Gasteiger partial charge in [-0.15, -0.1) is 0 Å². The van der Waals surface area contributed by atoms with Crippen LogP contribution >= 0.6 is 0 Å². The predicted octanol–water partition coefficient (Wildman–Crippen LogP) is 0.270. The SMILES string of the molecule is CC(=O)N1CCO[C@@H](CN(C)C)[C@@H]1c1cnn(C)c1. The summed E-state index contributed by atoms with van der Waals surface area (Å²) in [4.78, 5) is 15.8. The van der Waals surface area contributed by atoms with Gasteiger partial charge >= 0.3 is 0 Å². The van der Waals surface area contributed by atoms with E-state index in [9.17, 15) is 4.79 Å². The topological polar surface area (TPSA) is 50.6 Å². The highest BCUT2D eigenvalue weighted by Crippen LogP contribution is 2.29. The Balaban J connectivity index is 2.29. The second-order valence-corrected chi connectivity index (χ2v) is 5.28. The van der Waals surface area contributed by atoms with Crippen molar-refractivity contribution in [3.63, 3.8) is 0 Å². The van der Waals surface area contributed by atoms with Gasteiger partial charge in [-0.1, -0.05) is 0 Å². The van der Waals surface area contributed by atoms with Crippen LogP contribution in [0.3, 0.4) is 0 Å². The minimum absolute atomic E-state index is 0.0168. The first-order valence-corrected chi connectivity index (χ1v) is 6.51. The first-order chi connectivity index (χ1) is 8.99. The highest BCUT2D eigenvalue weighted by Gasteiger charge is 2.36. The Hall–Kier alpha value is -1.40. The van der Waals surface area contributed by atoms with Crippen molar-refractivity contribution in [2.75, 3.05) is 33.8 Å². The van der Waals surface area contributed by atoms with Gasteiger partial charge in [0, 0.05) is 38.8 Å². The third-order valence-electron chi connectivity index (χ3n) is 3.37. The van der Waals surface area contributed by atoms with Gasteiger partial charge in [0.1, 0.15) is 0 Å². The fourth-order valence-electron chi connectivity index (χ4n) is 2.59. The zero-order valence-electron chi connectivity index (χ0n) is 12.0. The minimum Gasteiger partial charge on any atom is -0.373 e. The highest BCUT2D eigenvalue weighted by atomic mass is 16.5. The first kappa shape index (κ1) is 14.0. The van der Waals surface area contributed by atoms with E-state index in [-0.39, 0.29) is 18.1 Å². The van der Waals surface area contributed by atoms with Crippen LogP contribution in [-0.2, 0) is 16.6 Å². The van der Waals surface area contributed by atoms with Gasteiger partial charge < -0.3 is 14.5 Å². The molecule has 19 heavy (non-hydrogen) atoms. The summed E-state index contributed by atoms with van der Waals surface area (Å²) < 4.78 is 7.63. The molecule has 1 aromatic rings. The number of carbonyl (C=O) groups excluding carboxylic acids is 1. The maximum Gasteiger partial charge on any atom is 0.220 e. The van der Waals surface area contributed by atoms with Gasteiger partial charge in [-0.3, -0.25) is 9.48 Å². The quantitative estimate of drug-likeness (QED) is 0.788. The van der Waals surface area contributed by atoms with Gasteiger partial charge in [0.25, 0.3) is 0 Å². The molecule has 1 aliphatic heterocycles. The van der Waals surface area contributed by atoms with Crippen LogP contribution in [0, 0.1) is 0 Å². The van der Waals surface area contributed by atoms with Crippen molar-refractivity contribution in [2.45, 2.75) is 19.1 Å². The van der Waals surface area contributed by atoms with E-state index in [1.54, 1.807) is 11.6 Å². The van der Waals surface area contributed by atoms with Gasteiger partial charge in [0.05, 0.1) is 24.9 Å². The molecule has 1 saturated heterocycles. The van der Waals surface area contributed by atoms with Crippen LogP contribution in [0.25, 0.3) is 0 Å². The maximum absolute atomic E-state index is 11.9. The molecule has 1 fully saturated rings. The number of aromatic nitrogens is 2. The summed E-state index contributed by atoms with van der Waals surface area (Å²) in [6.07, 6.45) is 3.76. The second kappa shape index (κ2) is 5.71. The zero-order valence-corrected chi connectivity index (χ0v) is 12.0. The van der Waals surface area contributed by atoms with E-state index in [0.29, 0.717) is 13.2 Å². The Morgan fingerprint density at radius 1 is 1.58 bits per heavy atom. The number of amides is 1. The van der Waals surface area contributed by atoms with Crippen molar-refractivity contribution in [1.82, 2.24) is 19.6 Å². The summed E-state index contributed by atoms with van der Waals surface area (Å²) in [5, 5.41) is 4.21. The van der Waals surface area contributed by atoms with Crippen LogP contribution in [0.4, 0.5) is 0 Å². The van der Waals surface area contributed by atoms with E-state index in [1.165, 1.54) is 0 Å². The molecule has 0 saturated carbocycles. The molecule has 1 amide bonds. The summed E-state index contributed by atoms with van der Waals surface area (Å²) in [5.41, 5.74) is 1.03. The number of nitrogens with zero attached hydrogens (tertiary/aromatic N) is 4. The van der Waals surface area contributed by atoms with Crippen LogP contribution in [0.15, 0.2) is 12.4 Å².